The maximum atomic E-state index is 6.60. The fourth-order valence-electron chi connectivity index (χ4n) is 3.33. The molecule has 0 aromatic rings. The van der Waals surface area contributed by atoms with Gasteiger partial charge in [0, 0.05) is 6.10 Å². The summed E-state index contributed by atoms with van der Waals surface area (Å²) < 4.78 is 17.8. The van der Waals surface area contributed by atoms with Crippen LogP contribution in [0.4, 0.5) is 0 Å². The zero-order valence-electron chi connectivity index (χ0n) is 18.3. The molecule has 1 heterocycles. The van der Waals surface area contributed by atoms with Gasteiger partial charge < -0.3 is 13.9 Å². The predicted octanol–water partition coefficient (Wildman–Crippen LogP) is 4.53. The van der Waals surface area contributed by atoms with E-state index in [-0.39, 0.29) is 17.1 Å². The molecule has 0 N–H and O–H groups in total. The zero-order chi connectivity index (χ0) is 19.9. The molecule has 2 rings (SSSR count). The Kier molecular flexibility index (Phi) is 6.28. The Hall–Kier alpha value is -0.883. The van der Waals surface area contributed by atoms with Crippen molar-refractivity contribution in [3.63, 3.8) is 0 Å². The van der Waals surface area contributed by atoms with Crippen molar-refractivity contribution in [2.24, 2.45) is 27.7 Å². The average molecular weight is 383 g/mol. The van der Waals surface area contributed by atoms with Gasteiger partial charge in [0.1, 0.15) is 12.1 Å². The molecule has 0 unspecified atom stereocenters. The van der Waals surface area contributed by atoms with Crippen LogP contribution < -0.4 is 0 Å². The summed E-state index contributed by atoms with van der Waals surface area (Å²) in [7, 11) is 1.64. The molecule has 1 fully saturated rings. The summed E-state index contributed by atoms with van der Waals surface area (Å²) in [6, 6.07) is -0.139. The van der Waals surface area contributed by atoms with Crippen molar-refractivity contribution in [2.75, 3.05) is 14.2 Å². The fourth-order valence-corrected chi connectivity index (χ4v) is 4.71. The molecule has 0 radical (unpaired) electrons. The van der Waals surface area contributed by atoms with Gasteiger partial charge in [0.2, 0.25) is 11.8 Å². The molecular weight excluding hydrogens is 344 g/mol. The molecule has 26 heavy (non-hydrogen) atoms. The largest absolute Gasteiger partial charge is 0.483 e. The number of hydrogen-bond acceptors (Lipinski definition) is 5. The highest BCUT2D eigenvalue weighted by atomic mass is 28.4. The molecule has 0 bridgehead atoms. The summed E-state index contributed by atoms with van der Waals surface area (Å²) in [5.74, 6) is 2.61. The standard InChI is InChI=1S/C20H38N2O3Si/c1-12(2)16-18(23-7)22-17(19(21-16)24-8)13(3)14-11-15(14)25-26(9,10)20(4,5)6/h12-17H,11H2,1-10H3/t13-,14-,15-,16-,17+/m1/s1. The first-order valence-electron chi connectivity index (χ1n) is 9.84. The van der Waals surface area contributed by atoms with Crippen molar-refractivity contribution >= 4 is 20.1 Å². The lowest BCUT2D eigenvalue weighted by atomic mass is 9.94. The van der Waals surface area contributed by atoms with Gasteiger partial charge in [0.05, 0.1) is 14.2 Å². The van der Waals surface area contributed by atoms with Crippen LogP contribution in [0.1, 0.15) is 48.0 Å². The molecule has 6 heteroatoms. The average Bonchev–Trinajstić information content (AvgIpc) is 3.29. The highest BCUT2D eigenvalue weighted by Gasteiger charge is 2.51. The number of rotatable bonds is 5. The molecule has 0 amide bonds. The fraction of sp³-hybridized carbons (Fsp3) is 0.900. The maximum Gasteiger partial charge on any atom is 0.209 e. The van der Waals surface area contributed by atoms with Gasteiger partial charge in [-0.1, -0.05) is 41.5 Å². The van der Waals surface area contributed by atoms with Crippen LogP contribution in [0, 0.1) is 17.8 Å². The second-order valence-corrected chi connectivity index (χ2v) is 14.4. The first-order valence-corrected chi connectivity index (χ1v) is 12.7. The summed E-state index contributed by atoms with van der Waals surface area (Å²) in [4.78, 5) is 9.70. The number of hydrogen-bond donors (Lipinski definition) is 0. The Morgan fingerprint density at radius 2 is 1.46 bits per heavy atom. The summed E-state index contributed by atoms with van der Waals surface area (Å²) in [6.45, 7) is 18.0. The highest BCUT2D eigenvalue weighted by molar-refractivity contribution is 6.74. The van der Waals surface area contributed by atoms with E-state index in [1.807, 2.05) is 0 Å². The van der Waals surface area contributed by atoms with Crippen LogP contribution in [0.25, 0.3) is 0 Å². The number of ether oxygens (including phenoxy) is 2. The van der Waals surface area contributed by atoms with Crippen molar-refractivity contribution in [3.05, 3.63) is 0 Å². The second-order valence-electron chi connectivity index (χ2n) is 9.65. The van der Waals surface area contributed by atoms with Crippen LogP contribution in [0.3, 0.4) is 0 Å². The molecule has 1 aliphatic carbocycles. The van der Waals surface area contributed by atoms with E-state index in [0.717, 1.165) is 18.2 Å². The van der Waals surface area contributed by atoms with Gasteiger partial charge in [-0.25, -0.2) is 9.98 Å². The van der Waals surface area contributed by atoms with E-state index in [9.17, 15) is 0 Å². The molecule has 2 aliphatic rings. The Balaban J connectivity index is 2.11. The highest BCUT2D eigenvalue weighted by Crippen LogP contribution is 2.48. The van der Waals surface area contributed by atoms with E-state index in [1.54, 1.807) is 14.2 Å². The van der Waals surface area contributed by atoms with Crippen molar-refractivity contribution < 1.29 is 13.9 Å². The van der Waals surface area contributed by atoms with E-state index < -0.39 is 8.32 Å². The summed E-state index contributed by atoms with van der Waals surface area (Å²) in [6.07, 6.45) is 1.44. The molecule has 1 aliphatic heterocycles. The third-order valence-electron chi connectivity index (χ3n) is 6.29. The normalized spacial score (nSPS) is 30.6. The molecular formula is C20H38N2O3Si. The van der Waals surface area contributed by atoms with E-state index in [1.165, 1.54) is 0 Å². The maximum absolute atomic E-state index is 6.60. The SMILES string of the molecule is COC1=N[C@H](C(C)C)C(OC)=N[C@H]1[C@H](C)[C@H]1C[C@H]1O[Si](C)(C)C(C)(C)C. The molecule has 0 spiro atoms. The van der Waals surface area contributed by atoms with Gasteiger partial charge in [0.25, 0.3) is 0 Å². The monoisotopic (exact) mass is 382 g/mol. The lowest BCUT2D eigenvalue weighted by molar-refractivity contribution is 0.232. The quantitative estimate of drug-likeness (QED) is 0.656. The minimum absolute atomic E-state index is 0.0584. The lowest BCUT2D eigenvalue weighted by Gasteiger charge is -2.37. The van der Waals surface area contributed by atoms with Gasteiger partial charge in [0.15, 0.2) is 8.32 Å². The van der Waals surface area contributed by atoms with Crippen LogP contribution in [0.5, 0.6) is 0 Å². The van der Waals surface area contributed by atoms with Gasteiger partial charge in [-0.15, -0.1) is 0 Å². The first kappa shape index (κ1) is 21.4. The lowest BCUT2D eigenvalue weighted by Crippen LogP contribution is -2.43. The van der Waals surface area contributed by atoms with E-state index in [0.29, 0.717) is 23.9 Å². The Bertz CT molecular complexity index is 566. The zero-order valence-corrected chi connectivity index (χ0v) is 19.3. The summed E-state index contributed by atoms with van der Waals surface area (Å²) >= 11 is 0. The van der Waals surface area contributed by atoms with E-state index in [4.69, 9.17) is 23.9 Å². The number of methoxy groups -OCH3 is 2. The molecule has 150 valence electrons. The van der Waals surface area contributed by atoms with Crippen molar-refractivity contribution in [3.8, 4) is 0 Å². The van der Waals surface area contributed by atoms with Gasteiger partial charge in [-0.3, -0.25) is 0 Å². The van der Waals surface area contributed by atoms with Crippen molar-refractivity contribution in [1.29, 1.82) is 0 Å². The van der Waals surface area contributed by atoms with Gasteiger partial charge in [-0.05, 0) is 42.3 Å². The number of aliphatic imine (C=N–C) groups is 2. The van der Waals surface area contributed by atoms with Crippen LogP contribution in [0.15, 0.2) is 9.98 Å². The summed E-state index contributed by atoms with van der Waals surface area (Å²) in [5.41, 5.74) is 0. The van der Waals surface area contributed by atoms with Gasteiger partial charge >= 0.3 is 0 Å². The Labute approximate surface area is 160 Å². The molecule has 0 aromatic carbocycles. The molecule has 5 atom stereocenters. The van der Waals surface area contributed by atoms with Crippen molar-refractivity contribution in [1.82, 2.24) is 0 Å². The van der Waals surface area contributed by atoms with E-state index >= 15 is 0 Å². The van der Waals surface area contributed by atoms with Crippen molar-refractivity contribution in [2.45, 2.75) is 84.3 Å². The smallest absolute Gasteiger partial charge is 0.209 e. The minimum atomic E-state index is -1.74. The predicted molar refractivity (Wildman–Crippen MR) is 111 cm³/mol. The summed E-state index contributed by atoms with van der Waals surface area (Å²) in [5, 5.41) is 0.235. The topological polar surface area (TPSA) is 52.4 Å². The number of nitrogens with zero attached hydrogens (tertiary/aromatic N) is 2. The van der Waals surface area contributed by atoms with Crippen LogP contribution in [-0.4, -0.2) is 52.5 Å². The van der Waals surface area contributed by atoms with Gasteiger partial charge in [-0.2, -0.15) is 0 Å². The second kappa shape index (κ2) is 7.62. The molecule has 1 saturated carbocycles. The molecule has 0 saturated heterocycles. The third kappa shape index (κ3) is 4.33. The third-order valence-corrected chi connectivity index (χ3v) is 10.8. The van der Waals surface area contributed by atoms with Crippen LogP contribution in [-0.2, 0) is 13.9 Å². The Morgan fingerprint density at radius 1 is 0.962 bits per heavy atom. The van der Waals surface area contributed by atoms with E-state index in [2.05, 4.69) is 54.6 Å². The van der Waals surface area contributed by atoms with Crippen LogP contribution >= 0.6 is 0 Å². The molecule has 0 aromatic heterocycles. The Morgan fingerprint density at radius 3 is 1.92 bits per heavy atom. The first-order chi connectivity index (χ1) is 11.9. The minimum Gasteiger partial charge on any atom is -0.483 e. The molecule has 5 nitrogen and oxygen atoms in total. The van der Waals surface area contributed by atoms with Crippen LogP contribution in [0.2, 0.25) is 18.1 Å².